The molecule has 11 aromatic carbocycles. The van der Waals surface area contributed by atoms with Crippen LogP contribution in [0.1, 0.15) is 0 Å². The van der Waals surface area contributed by atoms with Gasteiger partial charge in [0.25, 0.3) is 0 Å². The Hall–Kier alpha value is -7.59. The Kier molecular flexibility index (Phi) is 9.04. The molecule has 2 nitrogen and oxygen atoms in total. The van der Waals surface area contributed by atoms with Crippen LogP contribution in [0.5, 0.6) is 0 Å². The van der Waals surface area contributed by atoms with Crippen molar-refractivity contribution in [1.29, 1.82) is 0 Å². The molecule has 0 aliphatic carbocycles. The van der Waals surface area contributed by atoms with Crippen LogP contribution in [0.15, 0.2) is 218 Å². The number of nitrogens with zero attached hydrogens (tertiary/aromatic N) is 2. The monoisotopic (exact) mass is 988 g/mol. The molecule has 15 rings (SSSR count). The summed E-state index contributed by atoms with van der Waals surface area (Å²) >= 11 is 3.79. The summed E-state index contributed by atoms with van der Waals surface area (Å²) in [5, 5.41) is 16.1. The molecule has 0 saturated carbocycles. The summed E-state index contributed by atoms with van der Waals surface area (Å²) in [6.45, 7) is 10.0. The summed E-state index contributed by atoms with van der Waals surface area (Å²) in [6.07, 6.45) is 0. The van der Waals surface area contributed by atoms with Crippen molar-refractivity contribution in [1.82, 2.24) is 0 Å². The van der Waals surface area contributed by atoms with Gasteiger partial charge in [-0.15, -0.1) is 22.7 Å². The number of anilines is 6. The second-order valence-electron chi connectivity index (χ2n) is 20.8. The summed E-state index contributed by atoms with van der Waals surface area (Å²) in [6, 6.07) is 83.6. The molecule has 4 heterocycles. The lowest BCUT2D eigenvalue weighted by atomic mass is 9.83. The molecule has 0 saturated heterocycles. The van der Waals surface area contributed by atoms with Crippen LogP contribution in [0.4, 0.5) is 34.1 Å². The van der Waals surface area contributed by atoms with Gasteiger partial charge >= 0.3 is 0 Å². The highest BCUT2D eigenvalue weighted by Gasteiger charge is 2.40. The van der Waals surface area contributed by atoms with Gasteiger partial charge in [0.2, 0.25) is 0 Å². The number of thiophene rings is 2. The van der Waals surface area contributed by atoms with Gasteiger partial charge in [0.1, 0.15) is 16.1 Å². The van der Waals surface area contributed by atoms with Gasteiger partial charge in [0.05, 0.1) is 0 Å². The van der Waals surface area contributed by atoms with Gasteiger partial charge in [0.15, 0.2) is 0 Å². The van der Waals surface area contributed by atoms with Gasteiger partial charge in [-0.25, -0.2) is 0 Å². The lowest BCUT2D eigenvalue weighted by Crippen LogP contribution is -2.58. The molecular formula is C66H48N2S2Si2. The fourth-order valence-corrected chi connectivity index (χ4v) is 21.2. The first-order chi connectivity index (χ1) is 35.3. The fraction of sp³-hybridized carbons (Fsp3) is 0.0606. The van der Waals surface area contributed by atoms with Crippen molar-refractivity contribution in [2.24, 2.45) is 0 Å². The largest absolute Gasteiger partial charge is 0.311 e. The molecule has 0 radical (unpaired) electrons. The average Bonchev–Trinajstić information content (AvgIpc) is 4.00. The summed E-state index contributed by atoms with van der Waals surface area (Å²) in [7, 11) is -4.04. The van der Waals surface area contributed by atoms with Crippen LogP contribution in [-0.2, 0) is 0 Å². The summed E-state index contributed by atoms with van der Waals surface area (Å²) in [5.74, 6) is 0. The molecule has 0 N–H and O–H groups in total. The number of fused-ring (bicyclic) bond motifs is 12. The van der Waals surface area contributed by atoms with Crippen molar-refractivity contribution in [3.8, 4) is 22.3 Å². The number of rotatable bonds is 4. The minimum Gasteiger partial charge on any atom is -0.311 e. The van der Waals surface area contributed by atoms with Crippen molar-refractivity contribution in [3.05, 3.63) is 218 Å². The zero-order valence-corrected chi connectivity index (χ0v) is 44.1. The van der Waals surface area contributed by atoms with E-state index in [1.165, 1.54) is 139 Å². The van der Waals surface area contributed by atoms with Crippen LogP contribution in [-0.4, -0.2) is 16.1 Å². The first kappa shape index (κ1) is 42.1. The molecule has 0 atom stereocenters. The van der Waals surface area contributed by atoms with Gasteiger partial charge < -0.3 is 9.80 Å². The number of benzene rings is 11. The van der Waals surface area contributed by atoms with Crippen molar-refractivity contribution in [2.75, 3.05) is 9.80 Å². The summed E-state index contributed by atoms with van der Waals surface area (Å²) < 4.78 is 5.24. The molecule has 0 amide bonds. The molecule has 0 fully saturated rings. The third-order valence-electron chi connectivity index (χ3n) is 16.2. The van der Waals surface area contributed by atoms with Gasteiger partial charge in [-0.3, -0.25) is 0 Å². The van der Waals surface area contributed by atoms with E-state index in [1.54, 1.807) is 0 Å². The van der Waals surface area contributed by atoms with Gasteiger partial charge in [-0.1, -0.05) is 172 Å². The van der Waals surface area contributed by atoms with Gasteiger partial charge in [0, 0.05) is 74.5 Å². The van der Waals surface area contributed by atoms with E-state index in [4.69, 9.17) is 0 Å². The molecule has 72 heavy (non-hydrogen) atoms. The van der Waals surface area contributed by atoms with E-state index in [0.29, 0.717) is 0 Å². The highest BCUT2D eigenvalue weighted by molar-refractivity contribution is 7.26. The first-order valence-electron chi connectivity index (χ1n) is 25.1. The number of hydrogen-bond acceptors (Lipinski definition) is 4. The predicted molar refractivity (Wildman–Crippen MR) is 321 cm³/mol. The summed E-state index contributed by atoms with van der Waals surface area (Å²) in [5.41, 5.74) is 12.6. The SMILES string of the molecule is C[Si]1(C)c2ccccc2N(c2ccc3c(-c4cccc5sc6ccccc6c45)c4cc(N5c6ccccc6[Si](C)(C)c6ccccc65)ccc4c(-c4cccc5sc6ccccc6c45)c3c2)c2ccccc21. The normalized spacial score (nSPS) is 14.6. The average molecular weight is 989 g/mol. The smallest absolute Gasteiger partial charge is 0.117 e. The quantitative estimate of drug-likeness (QED) is 0.128. The molecule has 2 aliphatic heterocycles. The number of hydrogen-bond donors (Lipinski definition) is 0. The van der Waals surface area contributed by atoms with E-state index in [0.717, 1.165) is 0 Å². The molecule has 2 aromatic heterocycles. The minimum atomic E-state index is -2.02. The van der Waals surface area contributed by atoms with Crippen LogP contribution < -0.4 is 30.5 Å². The number of para-hydroxylation sites is 4. The topological polar surface area (TPSA) is 6.48 Å². The Morgan fingerprint density at radius 2 is 0.625 bits per heavy atom. The van der Waals surface area contributed by atoms with E-state index >= 15 is 0 Å². The zero-order valence-electron chi connectivity index (χ0n) is 40.5. The third-order valence-corrected chi connectivity index (χ3v) is 25.6. The van der Waals surface area contributed by atoms with Crippen molar-refractivity contribution in [2.45, 2.75) is 26.2 Å². The maximum Gasteiger partial charge on any atom is 0.117 e. The molecule has 342 valence electrons. The van der Waals surface area contributed by atoms with Crippen LogP contribution in [0.2, 0.25) is 26.2 Å². The maximum atomic E-state index is 2.56. The van der Waals surface area contributed by atoms with Crippen LogP contribution in [0.25, 0.3) is 84.1 Å². The maximum absolute atomic E-state index is 2.56. The Bertz CT molecular complexity index is 4060. The highest BCUT2D eigenvalue weighted by atomic mass is 32.1. The Balaban J connectivity index is 1.12. The summed E-state index contributed by atoms with van der Waals surface area (Å²) in [4.78, 5) is 5.12. The fourth-order valence-electron chi connectivity index (χ4n) is 12.9. The van der Waals surface area contributed by atoms with Crippen LogP contribution in [0.3, 0.4) is 0 Å². The lowest BCUT2D eigenvalue weighted by molar-refractivity contribution is 1.29. The second kappa shape index (κ2) is 15.5. The molecule has 0 unspecified atom stereocenters. The minimum absolute atomic E-state index is 1.17. The predicted octanol–water partition coefficient (Wildman–Crippen LogP) is 17.3. The molecule has 0 bridgehead atoms. The van der Waals surface area contributed by atoms with Gasteiger partial charge in [-0.2, -0.15) is 0 Å². The van der Waals surface area contributed by atoms with Crippen molar-refractivity contribution >= 4 is 156 Å². The molecule has 0 spiro atoms. The third kappa shape index (κ3) is 5.86. The van der Waals surface area contributed by atoms with E-state index in [9.17, 15) is 0 Å². The highest BCUT2D eigenvalue weighted by Crippen LogP contribution is 2.53. The first-order valence-corrected chi connectivity index (χ1v) is 32.7. The van der Waals surface area contributed by atoms with Gasteiger partial charge in [-0.05, 0) is 137 Å². The van der Waals surface area contributed by atoms with Crippen LogP contribution in [0, 0.1) is 0 Å². The molecular weight excluding hydrogens is 941 g/mol. The van der Waals surface area contributed by atoms with E-state index < -0.39 is 16.1 Å². The van der Waals surface area contributed by atoms with Crippen LogP contribution >= 0.6 is 22.7 Å². The molecule has 2 aliphatic rings. The Morgan fingerprint density at radius 3 is 1.01 bits per heavy atom. The standard InChI is InChI=1S/C66H48N2S2Si2/c1-71(2)59-31-13-7-23-51(59)67(52-24-8-14-32-60(52)71)41-35-37-43-49(39-41)63(47-21-17-29-57-65(47)45-19-5-11-27-55(45)69-57)44-38-36-42(68-53-25-9-15-33-61(53)72(3,4)62-34-16-10-26-54(62)68)40-50(44)64(43)48-22-18-30-58-66(48)46-20-6-12-28-56(46)70-58/h5-40H,1-4H3. The zero-order chi connectivity index (χ0) is 48.0. The van der Waals surface area contributed by atoms with E-state index in [-0.39, 0.29) is 0 Å². The van der Waals surface area contributed by atoms with Crippen molar-refractivity contribution in [3.63, 3.8) is 0 Å². The lowest BCUT2D eigenvalue weighted by Gasteiger charge is -2.41. The Labute approximate surface area is 429 Å². The van der Waals surface area contributed by atoms with E-state index in [2.05, 4.69) is 254 Å². The van der Waals surface area contributed by atoms with E-state index in [1.807, 2.05) is 22.7 Å². The second-order valence-corrected chi connectivity index (χ2v) is 31.6. The molecule has 13 aromatic rings. The Morgan fingerprint density at radius 1 is 0.292 bits per heavy atom. The molecule has 6 heteroatoms. The van der Waals surface area contributed by atoms with Crippen molar-refractivity contribution < 1.29 is 0 Å².